The van der Waals surface area contributed by atoms with Crippen molar-refractivity contribution >= 4 is 40.5 Å². The first-order valence-electron chi connectivity index (χ1n) is 5.81. The van der Waals surface area contributed by atoms with Crippen LogP contribution in [0.5, 0.6) is 0 Å². The van der Waals surface area contributed by atoms with E-state index in [1.807, 2.05) is 0 Å². The summed E-state index contributed by atoms with van der Waals surface area (Å²) in [5.74, 6) is -2.75. The second-order valence-electron chi connectivity index (χ2n) is 4.39. The van der Waals surface area contributed by atoms with E-state index in [9.17, 15) is 13.6 Å². The van der Waals surface area contributed by atoms with Crippen LogP contribution in [-0.4, -0.2) is 5.91 Å². The summed E-state index contributed by atoms with van der Waals surface area (Å²) in [6.45, 7) is 1.75. The number of aryl methyl sites for hydroxylation is 1. The zero-order valence-electron chi connectivity index (χ0n) is 10.8. The van der Waals surface area contributed by atoms with E-state index in [0.717, 1.165) is 11.6 Å². The molecule has 0 heterocycles. The lowest BCUT2D eigenvalue weighted by atomic mass is 10.1. The molecule has 3 nitrogen and oxygen atoms in total. The van der Waals surface area contributed by atoms with Gasteiger partial charge in [0.2, 0.25) is 0 Å². The van der Waals surface area contributed by atoms with Crippen LogP contribution in [0.3, 0.4) is 0 Å². The average molecular weight is 331 g/mol. The molecule has 2 aromatic carbocycles. The van der Waals surface area contributed by atoms with Crippen LogP contribution >= 0.6 is 23.2 Å². The Morgan fingerprint density at radius 1 is 1.10 bits per heavy atom. The maximum Gasteiger partial charge on any atom is 0.258 e. The molecule has 0 aromatic heterocycles. The van der Waals surface area contributed by atoms with Crippen molar-refractivity contribution in [3.05, 3.63) is 57.1 Å². The number of carbonyl (C=O) groups excluding carboxylic acids is 1. The molecular weight excluding hydrogens is 321 g/mol. The molecule has 0 radical (unpaired) electrons. The standard InChI is InChI=1S/C14H10Cl2F2N2O/c1-6-2-9(16)13(4-8(6)15)20-14(21)7-3-12(19)11(18)5-10(7)17/h2-5H,19H2,1H3,(H,20,21). The van der Waals surface area contributed by atoms with Crippen LogP contribution in [-0.2, 0) is 0 Å². The molecule has 2 rings (SSSR count). The Balaban J connectivity index is 2.35. The van der Waals surface area contributed by atoms with Gasteiger partial charge < -0.3 is 11.1 Å². The molecular formula is C14H10Cl2F2N2O. The molecule has 0 bridgehead atoms. The molecule has 1 amide bonds. The lowest BCUT2D eigenvalue weighted by Crippen LogP contribution is -2.15. The van der Waals surface area contributed by atoms with Gasteiger partial charge in [-0.25, -0.2) is 8.78 Å². The van der Waals surface area contributed by atoms with Crippen molar-refractivity contribution in [2.75, 3.05) is 11.1 Å². The highest BCUT2D eigenvalue weighted by atomic mass is 35.5. The fourth-order valence-corrected chi connectivity index (χ4v) is 2.10. The van der Waals surface area contributed by atoms with Gasteiger partial charge in [0.15, 0.2) is 0 Å². The van der Waals surface area contributed by atoms with E-state index in [2.05, 4.69) is 5.32 Å². The van der Waals surface area contributed by atoms with Crippen molar-refractivity contribution in [1.29, 1.82) is 0 Å². The van der Waals surface area contributed by atoms with E-state index in [0.29, 0.717) is 11.1 Å². The number of benzene rings is 2. The summed E-state index contributed by atoms with van der Waals surface area (Å²) in [5, 5.41) is 3.06. The second kappa shape index (κ2) is 5.87. The maximum atomic E-state index is 13.6. The molecule has 0 saturated carbocycles. The van der Waals surface area contributed by atoms with Gasteiger partial charge >= 0.3 is 0 Å². The van der Waals surface area contributed by atoms with Gasteiger partial charge in [0, 0.05) is 11.1 Å². The summed E-state index contributed by atoms with van der Waals surface area (Å²) >= 11 is 11.9. The molecule has 0 unspecified atom stereocenters. The third kappa shape index (κ3) is 3.25. The highest BCUT2D eigenvalue weighted by Crippen LogP contribution is 2.29. The summed E-state index contributed by atoms with van der Waals surface area (Å²) in [7, 11) is 0. The van der Waals surface area contributed by atoms with Crippen LogP contribution < -0.4 is 11.1 Å². The minimum Gasteiger partial charge on any atom is -0.396 e. The number of carbonyl (C=O) groups is 1. The predicted octanol–water partition coefficient (Wildman–Crippen LogP) is 4.41. The molecule has 21 heavy (non-hydrogen) atoms. The van der Waals surface area contributed by atoms with Gasteiger partial charge in [-0.3, -0.25) is 4.79 Å². The Morgan fingerprint density at radius 2 is 1.76 bits per heavy atom. The Morgan fingerprint density at radius 3 is 2.43 bits per heavy atom. The smallest absolute Gasteiger partial charge is 0.258 e. The summed E-state index contributed by atoms with van der Waals surface area (Å²) in [6, 6.07) is 4.48. The minimum absolute atomic E-state index is 0.222. The summed E-state index contributed by atoms with van der Waals surface area (Å²) in [6.07, 6.45) is 0. The van der Waals surface area contributed by atoms with Gasteiger partial charge in [-0.2, -0.15) is 0 Å². The topological polar surface area (TPSA) is 55.1 Å². The molecule has 0 atom stereocenters. The minimum atomic E-state index is -1.02. The molecule has 110 valence electrons. The van der Waals surface area contributed by atoms with Gasteiger partial charge in [-0.1, -0.05) is 23.2 Å². The van der Waals surface area contributed by atoms with E-state index in [-0.39, 0.29) is 22.0 Å². The quantitative estimate of drug-likeness (QED) is 0.801. The van der Waals surface area contributed by atoms with E-state index in [1.165, 1.54) is 6.07 Å². The Hall–Kier alpha value is -1.85. The highest BCUT2D eigenvalue weighted by molar-refractivity contribution is 6.36. The molecule has 0 spiro atoms. The number of rotatable bonds is 2. The van der Waals surface area contributed by atoms with Crippen molar-refractivity contribution < 1.29 is 13.6 Å². The second-order valence-corrected chi connectivity index (χ2v) is 5.20. The van der Waals surface area contributed by atoms with E-state index in [1.54, 1.807) is 13.0 Å². The number of hydrogen-bond acceptors (Lipinski definition) is 2. The largest absolute Gasteiger partial charge is 0.396 e. The van der Waals surface area contributed by atoms with Gasteiger partial charge in [0.1, 0.15) is 11.6 Å². The highest BCUT2D eigenvalue weighted by Gasteiger charge is 2.16. The fourth-order valence-electron chi connectivity index (χ4n) is 1.67. The average Bonchev–Trinajstić information content (AvgIpc) is 2.40. The predicted molar refractivity (Wildman–Crippen MR) is 79.9 cm³/mol. The summed E-state index contributed by atoms with van der Waals surface area (Å²) < 4.78 is 26.7. The van der Waals surface area contributed by atoms with Gasteiger partial charge in [0.25, 0.3) is 5.91 Å². The first kappa shape index (κ1) is 15.5. The fraction of sp³-hybridized carbons (Fsp3) is 0.0714. The third-order valence-corrected chi connectivity index (χ3v) is 3.55. The normalized spacial score (nSPS) is 10.5. The van der Waals surface area contributed by atoms with E-state index < -0.39 is 17.5 Å². The van der Waals surface area contributed by atoms with E-state index >= 15 is 0 Å². The third-order valence-electron chi connectivity index (χ3n) is 2.83. The zero-order valence-corrected chi connectivity index (χ0v) is 12.3. The molecule has 7 heteroatoms. The van der Waals surface area contributed by atoms with E-state index in [4.69, 9.17) is 28.9 Å². The first-order valence-corrected chi connectivity index (χ1v) is 6.56. The summed E-state index contributed by atoms with van der Waals surface area (Å²) in [5.41, 5.74) is 5.57. The van der Waals surface area contributed by atoms with Crippen LogP contribution in [0.1, 0.15) is 15.9 Å². The first-order chi connectivity index (χ1) is 9.79. The van der Waals surface area contributed by atoms with Gasteiger partial charge in [-0.05, 0) is 30.7 Å². The van der Waals surface area contributed by atoms with Crippen molar-refractivity contribution in [2.24, 2.45) is 0 Å². The Bertz CT molecular complexity index is 735. The lowest BCUT2D eigenvalue weighted by Gasteiger charge is -2.10. The number of nitrogen functional groups attached to an aromatic ring is 1. The number of nitrogens with one attached hydrogen (secondary N) is 1. The van der Waals surface area contributed by atoms with Crippen LogP contribution in [0.15, 0.2) is 24.3 Å². The number of anilines is 2. The number of amides is 1. The van der Waals surface area contributed by atoms with Gasteiger partial charge in [0.05, 0.1) is 22.0 Å². The zero-order chi connectivity index (χ0) is 15.7. The van der Waals surface area contributed by atoms with Crippen molar-refractivity contribution in [1.82, 2.24) is 0 Å². The molecule has 0 fully saturated rings. The monoisotopic (exact) mass is 330 g/mol. The van der Waals surface area contributed by atoms with Crippen LogP contribution in [0.4, 0.5) is 20.2 Å². The summed E-state index contributed by atoms with van der Waals surface area (Å²) in [4.78, 5) is 12.0. The van der Waals surface area contributed by atoms with Crippen molar-refractivity contribution in [2.45, 2.75) is 6.92 Å². The molecule has 0 aliphatic carbocycles. The van der Waals surface area contributed by atoms with Crippen LogP contribution in [0.2, 0.25) is 10.0 Å². The molecule has 0 aliphatic heterocycles. The molecule has 0 aliphatic rings. The van der Waals surface area contributed by atoms with Crippen LogP contribution in [0.25, 0.3) is 0 Å². The van der Waals surface area contributed by atoms with Crippen molar-refractivity contribution in [3.63, 3.8) is 0 Å². The van der Waals surface area contributed by atoms with Gasteiger partial charge in [-0.15, -0.1) is 0 Å². The molecule has 2 aromatic rings. The Kier molecular flexibility index (Phi) is 4.34. The Labute approximate surface area is 129 Å². The SMILES string of the molecule is Cc1cc(Cl)c(NC(=O)c2cc(N)c(F)cc2F)cc1Cl. The number of nitrogens with two attached hydrogens (primary N) is 1. The van der Waals surface area contributed by atoms with Crippen molar-refractivity contribution in [3.8, 4) is 0 Å². The molecule has 3 N–H and O–H groups in total. The molecule has 0 saturated heterocycles. The number of hydrogen-bond donors (Lipinski definition) is 2. The van der Waals surface area contributed by atoms with Crippen LogP contribution in [0, 0.1) is 18.6 Å². The number of halogens is 4. The lowest BCUT2D eigenvalue weighted by molar-refractivity contribution is 0.102. The maximum absolute atomic E-state index is 13.6.